The maximum atomic E-state index is 12.4. The van der Waals surface area contributed by atoms with Crippen molar-refractivity contribution in [2.24, 2.45) is 34.5 Å². The molecule has 8 atom stereocenters. The first-order chi connectivity index (χ1) is 14.0. The minimum Gasteiger partial charge on any atom is -0.386 e. The van der Waals surface area contributed by atoms with Crippen LogP contribution >= 0.6 is 0 Å². The lowest BCUT2D eigenvalue weighted by molar-refractivity contribution is -0.202. The maximum absolute atomic E-state index is 12.4. The largest absolute Gasteiger partial charge is 0.386 e. The van der Waals surface area contributed by atoms with Crippen molar-refractivity contribution in [3.63, 3.8) is 0 Å². The molecule has 0 spiro atoms. The minimum absolute atomic E-state index is 0.0155. The lowest BCUT2D eigenvalue weighted by atomic mass is 9.46. The molecular formula is C26H40O4. The molecule has 0 radical (unpaired) electrons. The van der Waals surface area contributed by atoms with Crippen LogP contribution in [0.1, 0.15) is 66.7 Å². The van der Waals surface area contributed by atoms with Crippen LogP contribution in [0, 0.1) is 34.5 Å². The number of Topliss-reactive ketones (excluding diaryl/α,β-unsaturated/α-hetero) is 1. The number of carbonyl (C=O) groups excluding carboxylic acids is 1. The highest BCUT2D eigenvalue weighted by molar-refractivity contribution is 5.96. The highest BCUT2D eigenvalue weighted by atomic mass is 16.5. The third-order valence-corrected chi connectivity index (χ3v) is 8.98. The molecule has 4 nitrogen and oxygen atoms in total. The molecule has 1 N–H and O–H groups in total. The molecule has 1 aliphatic heterocycles. The molecule has 1 unspecified atom stereocenters. The molecule has 3 aliphatic carbocycles. The molecule has 0 amide bonds. The van der Waals surface area contributed by atoms with Gasteiger partial charge in [-0.2, -0.15) is 0 Å². The third kappa shape index (κ3) is 3.53. The van der Waals surface area contributed by atoms with Gasteiger partial charge in [-0.1, -0.05) is 39.3 Å². The Morgan fingerprint density at radius 3 is 2.67 bits per heavy atom. The van der Waals surface area contributed by atoms with Crippen LogP contribution in [0.3, 0.4) is 0 Å². The van der Waals surface area contributed by atoms with Gasteiger partial charge in [-0.3, -0.25) is 4.79 Å². The van der Waals surface area contributed by atoms with E-state index < -0.39 is 5.60 Å². The van der Waals surface area contributed by atoms with Gasteiger partial charge in [0.15, 0.2) is 5.78 Å². The summed E-state index contributed by atoms with van der Waals surface area (Å²) < 4.78 is 12.3. The molecule has 1 saturated carbocycles. The predicted molar refractivity (Wildman–Crippen MR) is 118 cm³/mol. The number of hydrogen-bond acceptors (Lipinski definition) is 4. The van der Waals surface area contributed by atoms with Crippen LogP contribution < -0.4 is 0 Å². The molecule has 4 aliphatic rings. The summed E-state index contributed by atoms with van der Waals surface area (Å²) >= 11 is 0. The van der Waals surface area contributed by atoms with E-state index in [0.717, 1.165) is 18.4 Å². The zero-order chi connectivity index (χ0) is 21.9. The van der Waals surface area contributed by atoms with Crippen LogP contribution in [-0.4, -0.2) is 42.4 Å². The summed E-state index contributed by atoms with van der Waals surface area (Å²) in [5.41, 5.74) is 0.108. The van der Waals surface area contributed by atoms with Gasteiger partial charge < -0.3 is 14.6 Å². The molecule has 168 valence electrons. The number of rotatable bonds is 3. The number of carbonyl (C=O) groups is 1. The Morgan fingerprint density at radius 1 is 1.23 bits per heavy atom. The molecule has 2 fully saturated rings. The number of hydrogen-bond donors (Lipinski definition) is 1. The molecule has 4 heteroatoms. The molecule has 1 heterocycles. The molecule has 0 aromatic heterocycles. The molecule has 0 aromatic rings. The van der Waals surface area contributed by atoms with Crippen molar-refractivity contribution in [2.75, 3.05) is 13.7 Å². The van der Waals surface area contributed by atoms with E-state index in [1.54, 1.807) is 7.11 Å². The van der Waals surface area contributed by atoms with Crippen molar-refractivity contribution in [3.8, 4) is 0 Å². The monoisotopic (exact) mass is 416 g/mol. The number of aliphatic hydroxyl groups is 1. The second-order valence-electron chi connectivity index (χ2n) is 11.6. The van der Waals surface area contributed by atoms with Crippen LogP contribution in [-0.2, 0) is 14.3 Å². The first-order valence-corrected chi connectivity index (χ1v) is 11.8. The fraction of sp³-hybridized carbons (Fsp3) is 0.808. The Labute approximate surface area is 182 Å². The van der Waals surface area contributed by atoms with Gasteiger partial charge in [-0.25, -0.2) is 0 Å². The lowest BCUT2D eigenvalue weighted by Crippen LogP contribution is -2.61. The zero-order valence-corrected chi connectivity index (χ0v) is 19.6. The standard InChI is InChI=1S/C26H40O4/c1-16-12-20-18(14-19(16)27)17(15-29-6)13-21(30-20)23-25(4)10-7-9-24(2,3)22(25)8-11-26(23,5)28/h8,11-12,17-18,20-23,28H,7,9-10,13-15H2,1-6H3/t17?,18-,20-,21-,22+,23-,25+,26-/m1/s1. The Hall–Kier alpha value is -0.970. The normalized spacial score (nSPS) is 48.0. The molecule has 0 aromatic carbocycles. The van der Waals surface area contributed by atoms with E-state index >= 15 is 0 Å². The Morgan fingerprint density at radius 2 is 1.97 bits per heavy atom. The van der Waals surface area contributed by atoms with Crippen molar-refractivity contribution in [3.05, 3.63) is 23.8 Å². The summed E-state index contributed by atoms with van der Waals surface area (Å²) in [6, 6.07) is 0. The maximum Gasteiger partial charge on any atom is 0.158 e. The summed E-state index contributed by atoms with van der Waals surface area (Å²) in [6.45, 7) is 11.6. The smallest absolute Gasteiger partial charge is 0.158 e. The topological polar surface area (TPSA) is 55.8 Å². The van der Waals surface area contributed by atoms with Crippen LogP contribution in [0.2, 0.25) is 0 Å². The average Bonchev–Trinajstić information content (AvgIpc) is 2.61. The summed E-state index contributed by atoms with van der Waals surface area (Å²) in [4.78, 5) is 12.4. The lowest BCUT2D eigenvalue weighted by Gasteiger charge is -2.61. The van der Waals surface area contributed by atoms with Gasteiger partial charge in [0, 0.05) is 32.0 Å². The highest BCUT2D eigenvalue weighted by Crippen LogP contribution is 2.62. The number of methoxy groups -OCH3 is 1. The second kappa shape index (κ2) is 7.56. The van der Waals surface area contributed by atoms with E-state index in [1.165, 1.54) is 12.8 Å². The number of fused-ring (bicyclic) bond motifs is 2. The van der Waals surface area contributed by atoms with Gasteiger partial charge in [0.25, 0.3) is 0 Å². The molecule has 30 heavy (non-hydrogen) atoms. The van der Waals surface area contributed by atoms with Crippen molar-refractivity contribution in [1.29, 1.82) is 0 Å². The van der Waals surface area contributed by atoms with Gasteiger partial charge in [-0.05, 0) is 67.4 Å². The quantitative estimate of drug-likeness (QED) is 0.677. The van der Waals surface area contributed by atoms with E-state index in [2.05, 4.69) is 26.8 Å². The number of allylic oxidation sites excluding steroid dienone is 2. The van der Waals surface area contributed by atoms with E-state index in [-0.39, 0.29) is 46.6 Å². The first kappa shape index (κ1) is 22.2. The first-order valence-electron chi connectivity index (χ1n) is 11.8. The fourth-order valence-corrected chi connectivity index (χ4v) is 7.70. The van der Waals surface area contributed by atoms with E-state index in [0.29, 0.717) is 18.9 Å². The van der Waals surface area contributed by atoms with Crippen LogP contribution in [0.25, 0.3) is 0 Å². The van der Waals surface area contributed by atoms with E-state index in [9.17, 15) is 9.90 Å². The zero-order valence-electron chi connectivity index (χ0n) is 19.6. The van der Waals surface area contributed by atoms with Crippen molar-refractivity contribution in [1.82, 2.24) is 0 Å². The van der Waals surface area contributed by atoms with Crippen LogP contribution in [0.5, 0.6) is 0 Å². The van der Waals surface area contributed by atoms with Gasteiger partial charge in [0.2, 0.25) is 0 Å². The summed E-state index contributed by atoms with van der Waals surface area (Å²) in [5, 5.41) is 11.6. The average molecular weight is 417 g/mol. The van der Waals surface area contributed by atoms with E-state index in [1.807, 2.05) is 26.0 Å². The van der Waals surface area contributed by atoms with Gasteiger partial charge in [0.05, 0.1) is 17.8 Å². The fourth-order valence-electron chi connectivity index (χ4n) is 7.70. The molecular weight excluding hydrogens is 376 g/mol. The molecule has 1 saturated heterocycles. The number of ether oxygens (including phenoxy) is 2. The van der Waals surface area contributed by atoms with Crippen LogP contribution in [0.4, 0.5) is 0 Å². The predicted octanol–water partition coefficient (Wildman–Crippen LogP) is 4.71. The molecule has 0 bridgehead atoms. The summed E-state index contributed by atoms with van der Waals surface area (Å²) in [6.07, 6.45) is 11.2. The van der Waals surface area contributed by atoms with E-state index in [4.69, 9.17) is 9.47 Å². The highest BCUT2D eigenvalue weighted by Gasteiger charge is 2.60. The van der Waals surface area contributed by atoms with Crippen LogP contribution in [0.15, 0.2) is 23.8 Å². The van der Waals surface area contributed by atoms with Gasteiger partial charge in [-0.15, -0.1) is 0 Å². The van der Waals surface area contributed by atoms with Crippen molar-refractivity contribution in [2.45, 2.75) is 84.5 Å². The Kier molecular flexibility index (Phi) is 5.61. The Bertz CT molecular complexity index is 748. The van der Waals surface area contributed by atoms with Crippen molar-refractivity contribution < 1.29 is 19.4 Å². The van der Waals surface area contributed by atoms with Gasteiger partial charge >= 0.3 is 0 Å². The molecule has 4 rings (SSSR count). The summed E-state index contributed by atoms with van der Waals surface area (Å²) in [7, 11) is 1.74. The Balaban J connectivity index is 1.72. The SMILES string of the molecule is COCC1C[C@H]([C@@H]2[C@@]3(C)CCCC(C)(C)[C@@H]3C=C[C@@]2(C)O)O[C@@H]2C=C(C)C(=O)C[C@H]12. The number of ketones is 1. The third-order valence-electron chi connectivity index (χ3n) is 8.98. The summed E-state index contributed by atoms with van der Waals surface area (Å²) in [5.74, 6) is 1.12. The van der Waals surface area contributed by atoms with Gasteiger partial charge in [0.1, 0.15) is 0 Å². The second-order valence-corrected chi connectivity index (χ2v) is 11.6. The minimum atomic E-state index is -0.906. The van der Waals surface area contributed by atoms with Crippen molar-refractivity contribution >= 4 is 5.78 Å².